The van der Waals surface area contributed by atoms with Gasteiger partial charge >= 0.3 is 6.09 Å². The van der Waals surface area contributed by atoms with Crippen LogP contribution in [0.4, 0.5) is 4.79 Å². The zero-order valence-electron chi connectivity index (χ0n) is 12.1. The number of rotatable bonds is 2. The zero-order valence-corrected chi connectivity index (χ0v) is 12.1. The number of methoxy groups -OCH3 is 1. The van der Waals surface area contributed by atoms with Gasteiger partial charge in [0, 0.05) is 12.3 Å². The molecule has 2 N–H and O–H groups in total. The van der Waals surface area contributed by atoms with Crippen molar-refractivity contribution in [3.8, 4) is 11.5 Å². The molecular formula is C15H17NO6. The monoisotopic (exact) mass is 307 g/mol. The Bertz CT molecular complexity index is 602. The van der Waals surface area contributed by atoms with E-state index in [1.54, 1.807) is 12.1 Å². The summed E-state index contributed by atoms with van der Waals surface area (Å²) >= 11 is 0. The Labute approximate surface area is 127 Å². The van der Waals surface area contributed by atoms with E-state index in [1.165, 1.54) is 7.11 Å². The number of ether oxygens (including phenoxy) is 3. The Kier molecular flexibility index (Phi) is 3.89. The van der Waals surface area contributed by atoms with Crippen molar-refractivity contribution in [2.75, 3.05) is 13.9 Å². The number of aliphatic hydroxyl groups excluding tert-OH is 1. The van der Waals surface area contributed by atoms with Gasteiger partial charge in [-0.1, -0.05) is 6.07 Å². The van der Waals surface area contributed by atoms with E-state index < -0.39 is 18.2 Å². The van der Waals surface area contributed by atoms with Crippen LogP contribution in [0.1, 0.15) is 24.3 Å². The van der Waals surface area contributed by atoms with Crippen molar-refractivity contribution in [2.45, 2.75) is 30.9 Å². The van der Waals surface area contributed by atoms with Gasteiger partial charge in [0.1, 0.15) is 0 Å². The van der Waals surface area contributed by atoms with Gasteiger partial charge in [-0.2, -0.15) is 0 Å². The molecule has 118 valence electrons. The Balaban J connectivity index is 1.89. The van der Waals surface area contributed by atoms with Crippen LogP contribution in [0, 0.1) is 0 Å². The van der Waals surface area contributed by atoms with E-state index in [-0.39, 0.29) is 24.9 Å². The van der Waals surface area contributed by atoms with Crippen LogP contribution in [0.25, 0.3) is 0 Å². The lowest BCUT2D eigenvalue weighted by Crippen LogP contribution is -2.49. The molecule has 1 amide bonds. The van der Waals surface area contributed by atoms with Crippen molar-refractivity contribution in [3.63, 3.8) is 0 Å². The van der Waals surface area contributed by atoms with E-state index in [2.05, 4.69) is 10.1 Å². The van der Waals surface area contributed by atoms with Crippen molar-refractivity contribution < 1.29 is 28.9 Å². The highest BCUT2D eigenvalue weighted by molar-refractivity contribution is 5.89. The number of hydrogen-bond acceptors (Lipinski definition) is 6. The molecule has 22 heavy (non-hydrogen) atoms. The molecule has 0 bridgehead atoms. The quantitative estimate of drug-likeness (QED) is 0.845. The van der Waals surface area contributed by atoms with Gasteiger partial charge in [-0.3, -0.25) is 4.79 Å². The summed E-state index contributed by atoms with van der Waals surface area (Å²) in [4.78, 5) is 23.7. The minimum atomic E-state index is -0.726. The lowest BCUT2D eigenvalue weighted by atomic mass is 9.78. The average molecular weight is 307 g/mol. The van der Waals surface area contributed by atoms with Crippen molar-refractivity contribution in [2.24, 2.45) is 0 Å². The number of fused-ring (bicyclic) bond motifs is 1. The molecular weight excluding hydrogens is 290 g/mol. The summed E-state index contributed by atoms with van der Waals surface area (Å²) < 4.78 is 15.2. The van der Waals surface area contributed by atoms with Crippen LogP contribution in [0.5, 0.6) is 11.5 Å². The number of benzene rings is 1. The predicted octanol–water partition coefficient (Wildman–Crippen LogP) is 0.947. The average Bonchev–Trinajstić information content (AvgIpc) is 2.96. The molecule has 0 spiro atoms. The van der Waals surface area contributed by atoms with E-state index >= 15 is 0 Å². The number of alkyl carbamates (subject to hydrolysis) is 1. The van der Waals surface area contributed by atoms with E-state index in [0.29, 0.717) is 17.9 Å². The summed E-state index contributed by atoms with van der Waals surface area (Å²) in [6.07, 6.45) is -0.991. The molecule has 0 saturated heterocycles. The van der Waals surface area contributed by atoms with Gasteiger partial charge in [0.15, 0.2) is 17.3 Å². The summed E-state index contributed by atoms with van der Waals surface area (Å²) in [5.74, 6) is 0.683. The minimum Gasteiger partial charge on any atom is -0.454 e. The molecule has 2 aliphatic rings. The molecule has 1 fully saturated rings. The van der Waals surface area contributed by atoms with Crippen LogP contribution in [0.15, 0.2) is 18.2 Å². The molecule has 7 nitrogen and oxygen atoms in total. The highest BCUT2D eigenvalue weighted by atomic mass is 16.7. The van der Waals surface area contributed by atoms with Crippen molar-refractivity contribution in [3.05, 3.63) is 23.8 Å². The normalized spacial score (nSPS) is 26.6. The number of carbonyl (C=O) groups excluding carboxylic acids is 2. The predicted molar refractivity (Wildman–Crippen MR) is 74.9 cm³/mol. The van der Waals surface area contributed by atoms with Gasteiger partial charge in [0.2, 0.25) is 6.79 Å². The molecule has 0 aromatic heterocycles. The molecule has 1 aromatic rings. The molecule has 1 aliphatic heterocycles. The molecule has 3 atom stereocenters. The van der Waals surface area contributed by atoms with Gasteiger partial charge in [-0.05, 0) is 24.1 Å². The molecule has 3 rings (SSSR count). The van der Waals surface area contributed by atoms with Crippen LogP contribution < -0.4 is 14.8 Å². The van der Waals surface area contributed by atoms with Gasteiger partial charge in [0.05, 0.1) is 19.3 Å². The molecule has 1 saturated carbocycles. The second kappa shape index (κ2) is 5.84. The van der Waals surface area contributed by atoms with E-state index in [1.807, 2.05) is 6.07 Å². The van der Waals surface area contributed by atoms with Crippen LogP contribution in [0.3, 0.4) is 0 Å². The molecule has 7 heteroatoms. The molecule has 1 aliphatic carbocycles. The Morgan fingerprint density at radius 3 is 2.91 bits per heavy atom. The van der Waals surface area contributed by atoms with Crippen LogP contribution >= 0.6 is 0 Å². The van der Waals surface area contributed by atoms with Crippen molar-refractivity contribution >= 4 is 11.9 Å². The van der Waals surface area contributed by atoms with Gasteiger partial charge in [-0.25, -0.2) is 4.79 Å². The van der Waals surface area contributed by atoms with Crippen LogP contribution in [-0.2, 0) is 9.53 Å². The first-order chi connectivity index (χ1) is 10.6. The number of carbonyl (C=O) groups is 2. The van der Waals surface area contributed by atoms with Crippen LogP contribution in [-0.4, -0.2) is 43.0 Å². The number of Topliss-reactive ketones (excluding diaryl/α,β-unsaturated/α-hetero) is 1. The summed E-state index contributed by atoms with van der Waals surface area (Å²) in [5.41, 5.74) is 0.803. The first kappa shape index (κ1) is 14.6. The van der Waals surface area contributed by atoms with E-state index in [0.717, 1.165) is 5.56 Å². The fraction of sp³-hybridized carbons (Fsp3) is 0.467. The SMILES string of the molecule is COC(=O)N[C@H]1C(=O)C[C@@H](O)C[C@@H]1c1ccc2c(c1)OCO2. The fourth-order valence-corrected chi connectivity index (χ4v) is 2.94. The fourth-order valence-electron chi connectivity index (χ4n) is 2.94. The number of hydrogen-bond donors (Lipinski definition) is 2. The third kappa shape index (κ3) is 2.71. The molecule has 1 heterocycles. The second-order valence-corrected chi connectivity index (χ2v) is 5.39. The Morgan fingerprint density at radius 2 is 2.14 bits per heavy atom. The number of nitrogens with one attached hydrogen (secondary N) is 1. The summed E-state index contributed by atoms with van der Waals surface area (Å²) in [5, 5.41) is 12.5. The van der Waals surface area contributed by atoms with Crippen molar-refractivity contribution in [1.29, 1.82) is 0 Å². The number of ketones is 1. The first-order valence-corrected chi connectivity index (χ1v) is 7.03. The lowest BCUT2D eigenvalue weighted by molar-refractivity contribution is -0.126. The second-order valence-electron chi connectivity index (χ2n) is 5.39. The number of amides is 1. The topological polar surface area (TPSA) is 94.1 Å². The van der Waals surface area contributed by atoms with Crippen LogP contribution in [0.2, 0.25) is 0 Å². The Morgan fingerprint density at radius 1 is 1.36 bits per heavy atom. The third-order valence-electron chi connectivity index (χ3n) is 4.00. The maximum Gasteiger partial charge on any atom is 0.407 e. The molecule has 0 unspecified atom stereocenters. The summed E-state index contributed by atoms with van der Waals surface area (Å²) in [6, 6.07) is 4.63. The number of aliphatic hydroxyl groups is 1. The molecule has 1 aromatic carbocycles. The zero-order chi connectivity index (χ0) is 15.7. The lowest BCUT2D eigenvalue weighted by Gasteiger charge is -2.33. The summed E-state index contributed by atoms with van der Waals surface area (Å²) in [7, 11) is 1.24. The minimum absolute atomic E-state index is 0.0235. The smallest absolute Gasteiger partial charge is 0.407 e. The Hall–Kier alpha value is -2.28. The standard InChI is InChI=1S/C15H17NO6/c1-20-15(19)16-14-10(5-9(17)6-11(14)18)8-2-3-12-13(4-8)22-7-21-12/h2-4,9-10,14,17H,5-7H2,1H3,(H,16,19)/t9-,10+,14+/m0/s1. The van der Waals surface area contributed by atoms with E-state index in [9.17, 15) is 14.7 Å². The van der Waals surface area contributed by atoms with Gasteiger partial charge < -0.3 is 24.6 Å². The van der Waals surface area contributed by atoms with E-state index in [4.69, 9.17) is 9.47 Å². The molecule has 0 radical (unpaired) electrons. The maximum absolute atomic E-state index is 12.2. The summed E-state index contributed by atoms with van der Waals surface area (Å²) in [6.45, 7) is 0.162. The van der Waals surface area contributed by atoms with Crippen molar-refractivity contribution in [1.82, 2.24) is 5.32 Å². The maximum atomic E-state index is 12.2. The largest absolute Gasteiger partial charge is 0.454 e. The highest BCUT2D eigenvalue weighted by Crippen LogP contribution is 2.38. The highest BCUT2D eigenvalue weighted by Gasteiger charge is 2.38. The van der Waals surface area contributed by atoms with Gasteiger partial charge in [-0.15, -0.1) is 0 Å². The third-order valence-corrected chi connectivity index (χ3v) is 4.00. The first-order valence-electron chi connectivity index (χ1n) is 7.03. The van der Waals surface area contributed by atoms with Gasteiger partial charge in [0.25, 0.3) is 0 Å².